The van der Waals surface area contributed by atoms with Crippen molar-refractivity contribution in [3.63, 3.8) is 0 Å². The van der Waals surface area contributed by atoms with Gasteiger partial charge < -0.3 is 15.1 Å². The molecule has 1 heterocycles. The predicted octanol–water partition coefficient (Wildman–Crippen LogP) is 3.48. The fourth-order valence-corrected chi connectivity index (χ4v) is 2.35. The Morgan fingerprint density at radius 2 is 1.95 bits per heavy atom. The number of hydrogen-bond acceptors (Lipinski definition) is 4. The van der Waals surface area contributed by atoms with Gasteiger partial charge in [0.05, 0.1) is 0 Å². The van der Waals surface area contributed by atoms with E-state index >= 15 is 0 Å². The van der Waals surface area contributed by atoms with E-state index in [0.29, 0.717) is 11.7 Å². The monoisotopic (exact) mass is 281 g/mol. The standard InChI is InChI=1S/C17H19N3O/c1-20(11-5-8-13-6-3-2-4-7-13)17-19-15-10-9-14(18)12-16(15)21-17/h2-4,6-7,9-10,12H,5,8,11,18H2,1H3. The quantitative estimate of drug-likeness (QED) is 0.727. The molecule has 0 atom stereocenters. The molecule has 0 aliphatic rings. The molecular formula is C17H19N3O. The van der Waals surface area contributed by atoms with Crippen LogP contribution < -0.4 is 10.6 Å². The van der Waals surface area contributed by atoms with Crippen LogP contribution in [0.4, 0.5) is 11.7 Å². The van der Waals surface area contributed by atoms with E-state index in [1.54, 1.807) is 0 Å². The average molecular weight is 281 g/mol. The van der Waals surface area contributed by atoms with Gasteiger partial charge in [-0.1, -0.05) is 30.3 Å². The van der Waals surface area contributed by atoms with E-state index in [1.165, 1.54) is 5.56 Å². The molecule has 108 valence electrons. The Hall–Kier alpha value is -2.49. The van der Waals surface area contributed by atoms with Gasteiger partial charge >= 0.3 is 0 Å². The number of oxazole rings is 1. The molecule has 0 radical (unpaired) electrons. The minimum Gasteiger partial charge on any atom is -0.423 e. The van der Waals surface area contributed by atoms with Crippen LogP contribution in [-0.4, -0.2) is 18.6 Å². The molecule has 3 aromatic rings. The number of benzene rings is 2. The van der Waals surface area contributed by atoms with Gasteiger partial charge in [-0.2, -0.15) is 4.98 Å². The van der Waals surface area contributed by atoms with Gasteiger partial charge in [-0.05, 0) is 30.5 Å². The summed E-state index contributed by atoms with van der Waals surface area (Å²) >= 11 is 0. The Morgan fingerprint density at radius 3 is 2.76 bits per heavy atom. The van der Waals surface area contributed by atoms with Crippen molar-refractivity contribution in [1.29, 1.82) is 0 Å². The first kappa shape index (κ1) is 13.5. The van der Waals surface area contributed by atoms with Crippen LogP contribution in [0.3, 0.4) is 0 Å². The maximum atomic E-state index is 5.75. The average Bonchev–Trinajstić information content (AvgIpc) is 2.91. The Kier molecular flexibility index (Phi) is 3.77. The van der Waals surface area contributed by atoms with Crippen LogP contribution in [0.1, 0.15) is 12.0 Å². The highest BCUT2D eigenvalue weighted by atomic mass is 16.4. The van der Waals surface area contributed by atoms with Crippen molar-refractivity contribution in [2.45, 2.75) is 12.8 Å². The van der Waals surface area contributed by atoms with E-state index in [0.717, 1.165) is 30.5 Å². The number of nitrogens with two attached hydrogens (primary N) is 1. The Balaban J connectivity index is 1.62. The molecule has 0 bridgehead atoms. The number of fused-ring (bicyclic) bond motifs is 1. The van der Waals surface area contributed by atoms with Crippen LogP contribution >= 0.6 is 0 Å². The molecule has 0 aliphatic carbocycles. The van der Waals surface area contributed by atoms with E-state index < -0.39 is 0 Å². The second-order valence-corrected chi connectivity index (χ2v) is 5.23. The molecule has 0 amide bonds. The molecule has 4 heteroatoms. The molecule has 0 spiro atoms. The summed E-state index contributed by atoms with van der Waals surface area (Å²) in [7, 11) is 2.00. The van der Waals surface area contributed by atoms with Gasteiger partial charge in [-0.25, -0.2) is 0 Å². The van der Waals surface area contributed by atoms with Crippen LogP contribution in [0.5, 0.6) is 0 Å². The summed E-state index contributed by atoms with van der Waals surface area (Å²) in [6.45, 7) is 0.900. The summed E-state index contributed by atoms with van der Waals surface area (Å²) in [5.74, 6) is 0. The highest BCUT2D eigenvalue weighted by Gasteiger charge is 2.10. The zero-order valence-corrected chi connectivity index (χ0v) is 12.1. The van der Waals surface area contributed by atoms with E-state index in [1.807, 2.05) is 36.2 Å². The normalized spacial score (nSPS) is 10.9. The SMILES string of the molecule is CN(CCCc1ccccc1)c1nc2ccc(N)cc2o1. The third kappa shape index (κ3) is 3.16. The number of hydrogen-bond donors (Lipinski definition) is 1. The smallest absolute Gasteiger partial charge is 0.298 e. The van der Waals surface area contributed by atoms with Crippen LogP contribution in [0.2, 0.25) is 0 Å². The lowest BCUT2D eigenvalue weighted by molar-refractivity contribution is 0.578. The van der Waals surface area contributed by atoms with Crippen molar-refractivity contribution < 1.29 is 4.42 Å². The Bertz CT molecular complexity index is 721. The van der Waals surface area contributed by atoms with Crippen molar-refractivity contribution in [1.82, 2.24) is 4.98 Å². The van der Waals surface area contributed by atoms with E-state index in [9.17, 15) is 0 Å². The third-order valence-corrected chi connectivity index (χ3v) is 3.53. The maximum absolute atomic E-state index is 5.75. The lowest BCUT2D eigenvalue weighted by Gasteiger charge is -2.13. The highest BCUT2D eigenvalue weighted by Crippen LogP contribution is 2.23. The zero-order valence-electron chi connectivity index (χ0n) is 12.1. The summed E-state index contributed by atoms with van der Waals surface area (Å²) in [6.07, 6.45) is 2.11. The van der Waals surface area contributed by atoms with Gasteiger partial charge in [0.1, 0.15) is 5.52 Å². The van der Waals surface area contributed by atoms with Gasteiger partial charge in [0, 0.05) is 25.3 Å². The second kappa shape index (κ2) is 5.87. The van der Waals surface area contributed by atoms with Crippen molar-refractivity contribution in [2.75, 3.05) is 24.2 Å². The van der Waals surface area contributed by atoms with Crippen molar-refractivity contribution in [3.05, 3.63) is 54.1 Å². The first-order chi connectivity index (χ1) is 10.2. The summed E-state index contributed by atoms with van der Waals surface area (Å²) in [6, 6.07) is 16.7. The third-order valence-electron chi connectivity index (χ3n) is 3.53. The van der Waals surface area contributed by atoms with Crippen molar-refractivity contribution in [3.8, 4) is 0 Å². The van der Waals surface area contributed by atoms with Crippen LogP contribution in [0, 0.1) is 0 Å². The van der Waals surface area contributed by atoms with Crippen LogP contribution in [0.15, 0.2) is 52.9 Å². The predicted molar refractivity (Wildman–Crippen MR) is 86.5 cm³/mol. The first-order valence-corrected chi connectivity index (χ1v) is 7.13. The number of rotatable bonds is 5. The molecule has 2 aromatic carbocycles. The van der Waals surface area contributed by atoms with E-state index in [4.69, 9.17) is 10.2 Å². The molecule has 21 heavy (non-hydrogen) atoms. The van der Waals surface area contributed by atoms with Gasteiger partial charge in [0.25, 0.3) is 6.01 Å². The molecule has 3 rings (SSSR count). The maximum Gasteiger partial charge on any atom is 0.298 e. The first-order valence-electron chi connectivity index (χ1n) is 7.13. The zero-order chi connectivity index (χ0) is 14.7. The minimum absolute atomic E-state index is 0.642. The van der Waals surface area contributed by atoms with Crippen LogP contribution in [-0.2, 0) is 6.42 Å². The molecule has 0 saturated carbocycles. The number of nitrogen functional groups attached to an aromatic ring is 1. The Morgan fingerprint density at radius 1 is 1.14 bits per heavy atom. The minimum atomic E-state index is 0.642. The number of aryl methyl sites for hydroxylation is 1. The summed E-state index contributed by atoms with van der Waals surface area (Å²) in [4.78, 5) is 6.52. The van der Waals surface area contributed by atoms with Crippen LogP contribution in [0.25, 0.3) is 11.1 Å². The van der Waals surface area contributed by atoms with Gasteiger partial charge in [-0.15, -0.1) is 0 Å². The second-order valence-electron chi connectivity index (χ2n) is 5.23. The van der Waals surface area contributed by atoms with Gasteiger partial charge in [-0.3, -0.25) is 0 Å². The molecule has 0 fully saturated rings. The highest BCUT2D eigenvalue weighted by molar-refractivity contribution is 5.78. The molecule has 4 nitrogen and oxygen atoms in total. The molecule has 0 saturated heterocycles. The van der Waals surface area contributed by atoms with E-state index in [-0.39, 0.29) is 0 Å². The van der Waals surface area contributed by atoms with Gasteiger partial charge in [0.2, 0.25) is 0 Å². The molecule has 0 unspecified atom stereocenters. The van der Waals surface area contributed by atoms with Crippen molar-refractivity contribution in [2.24, 2.45) is 0 Å². The summed E-state index contributed by atoms with van der Waals surface area (Å²) < 4.78 is 5.75. The molecule has 2 N–H and O–H groups in total. The topological polar surface area (TPSA) is 55.3 Å². The lowest BCUT2D eigenvalue weighted by Crippen LogP contribution is -2.19. The molecular weight excluding hydrogens is 262 g/mol. The molecule has 0 aliphatic heterocycles. The number of anilines is 2. The number of aromatic nitrogens is 1. The summed E-state index contributed by atoms with van der Waals surface area (Å²) in [5, 5.41) is 0. The summed E-state index contributed by atoms with van der Waals surface area (Å²) in [5.41, 5.74) is 9.38. The van der Waals surface area contributed by atoms with Crippen molar-refractivity contribution >= 4 is 22.8 Å². The fourth-order valence-electron chi connectivity index (χ4n) is 2.35. The Labute approximate surface area is 124 Å². The number of nitrogens with zero attached hydrogens (tertiary/aromatic N) is 2. The van der Waals surface area contributed by atoms with Gasteiger partial charge in [0.15, 0.2) is 5.58 Å². The largest absolute Gasteiger partial charge is 0.423 e. The fraction of sp³-hybridized carbons (Fsp3) is 0.235. The van der Waals surface area contributed by atoms with E-state index in [2.05, 4.69) is 29.2 Å². The lowest BCUT2D eigenvalue weighted by atomic mass is 10.1. The molecule has 1 aromatic heterocycles.